The van der Waals surface area contributed by atoms with Gasteiger partial charge in [0.25, 0.3) is 0 Å². The van der Waals surface area contributed by atoms with Gasteiger partial charge < -0.3 is 10.5 Å². The fourth-order valence-electron chi connectivity index (χ4n) is 1.62. The molecule has 0 saturated heterocycles. The van der Waals surface area contributed by atoms with Crippen molar-refractivity contribution in [2.75, 3.05) is 6.61 Å². The van der Waals surface area contributed by atoms with Crippen LogP contribution in [0.3, 0.4) is 0 Å². The third kappa shape index (κ3) is 3.21. The lowest BCUT2D eigenvalue weighted by Gasteiger charge is -2.26. The first-order chi connectivity index (χ1) is 5.33. The third-order valence-electron chi connectivity index (χ3n) is 2.22. The van der Waals surface area contributed by atoms with Gasteiger partial charge in [-0.15, -0.1) is 0 Å². The Labute approximate surface area is 69.1 Å². The minimum atomic E-state index is 0.394. The highest BCUT2D eigenvalue weighted by molar-refractivity contribution is 4.75. The van der Waals surface area contributed by atoms with E-state index in [1.54, 1.807) is 0 Å². The molecule has 0 aromatic rings. The number of hydrogen-bond acceptors (Lipinski definition) is 2. The van der Waals surface area contributed by atoms with Crippen LogP contribution in [0.25, 0.3) is 0 Å². The van der Waals surface area contributed by atoms with Crippen molar-refractivity contribution in [3.8, 4) is 0 Å². The van der Waals surface area contributed by atoms with Crippen molar-refractivity contribution < 1.29 is 4.74 Å². The monoisotopic (exact) mass is 157 g/mol. The molecule has 0 unspecified atom stereocenters. The minimum Gasteiger partial charge on any atom is -0.378 e. The van der Waals surface area contributed by atoms with Crippen LogP contribution in [-0.2, 0) is 4.74 Å². The summed E-state index contributed by atoms with van der Waals surface area (Å²) < 4.78 is 5.62. The molecule has 1 fully saturated rings. The molecule has 2 N–H and O–H groups in total. The summed E-state index contributed by atoms with van der Waals surface area (Å²) in [6, 6.07) is 0.394. The van der Waals surface area contributed by atoms with Crippen LogP contribution in [0.5, 0.6) is 0 Å². The van der Waals surface area contributed by atoms with Crippen LogP contribution in [0.15, 0.2) is 0 Å². The van der Waals surface area contributed by atoms with E-state index >= 15 is 0 Å². The Balaban J connectivity index is 2.12. The fourth-order valence-corrected chi connectivity index (χ4v) is 1.62. The zero-order valence-electron chi connectivity index (χ0n) is 7.38. The first-order valence-electron chi connectivity index (χ1n) is 4.70. The lowest BCUT2D eigenvalue weighted by molar-refractivity contribution is 0.0240. The normalized spacial score (nSPS) is 32.2. The molecule has 2 heteroatoms. The van der Waals surface area contributed by atoms with Crippen molar-refractivity contribution in [1.29, 1.82) is 0 Å². The maximum absolute atomic E-state index is 5.82. The average molecular weight is 157 g/mol. The van der Waals surface area contributed by atoms with Gasteiger partial charge in [0.05, 0.1) is 6.10 Å². The van der Waals surface area contributed by atoms with Crippen molar-refractivity contribution in [2.24, 2.45) is 5.73 Å². The summed E-state index contributed by atoms with van der Waals surface area (Å²) in [7, 11) is 0. The molecule has 0 radical (unpaired) electrons. The fraction of sp³-hybridized carbons (Fsp3) is 1.00. The van der Waals surface area contributed by atoms with E-state index in [1.807, 2.05) is 0 Å². The zero-order valence-corrected chi connectivity index (χ0v) is 7.38. The molecular formula is C9H19NO. The Morgan fingerprint density at radius 3 is 2.91 bits per heavy atom. The predicted octanol–water partition coefficient (Wildman–Crippen LogP) is 1.68. The van der Waals surface area contributed by atoms with Gasteiger partial charge in [-0.1, -0.05) is 6.92 Å². The maximum atomic E-state index is 5.82. The van der Waals surface area contributed by atoms with Gasteiger partial charge in [0, 0.05) is 12.6 Å². The van der Waals surface area contributed by atoms with Gasteiger partial charge >= 0.3 is 0 Å². The average Bonchev–Trinajstić information content (AvgIpc) is 2.01. The maximum Gasteiger partial charge on any atom is 0.0589 e. The van der Waals surface area contributed by atoms with E-state index in [0.29, 0.717) is 12.1 Å². The van der Waals surface area contributed by atoms with Crippen LogP contribution >= 0.6 is 0 Å². The molecule has 1 aliphatic carbocycles. The molecule has 0 aromatic heterocycles. The first kappa shape index (κ1) is 9.01. The van der Waals surface area contributed by atoms with Gasteiger partial charge in [0.15, 0.2) is 0 Å². The molecule has 0 aromatic carbocycles. The smallest absolute Gasteiger partial charge is 0.0589 e. The molecule has 2 nitrogen and oxygen atoms in total. The molecule has 2 atom stereocenters. The number of ether oxygens (including phenoxy) is 1. The minimum absolute atomic E-state index is 0.394. The lowest BCUT2D eigenvalue weighted by atomic mass is 9.94. The largest absolute Gasteiger partial charge is 0.378 e. The Hall–Kier alpha value is -0.0800. The van der Waals surface area contributed by atoms with Crippen LogP contribution in [0.4, 0.5) is 0 Å². The van der Waals surface area contributed by atoms with Crippen molar-refractivity contribution in [3.63, 3.8) is 0 Å². The van der Waals surface area contributed by atoms with E-state index in [0.717, 1.165) is 19.4 Å². The third-order valence-corrected chi connectivity index (χ3v) is 2.22. The van der Waals surface area contributed by atoms with Gasteiger partial charge in [-0.05, 0) is 32.1 Å². The van der Waals surface area contributed by atoms with E-state index in [2.05, 4.69) is 6.92 Å². The molecule has 66 valence electrons. The van der Waals surface area contributed by atoms with E-state index in [9.17, 15) is 0 Å². The second-order valence-electron chi connectivity index (χ2n) is 3.42. The van der Waals surface area contributed by atoms with Gasteiger partial charge in [-0.2, -0.15) is 0 Å². The summed E-state index contributed by atoms with van der Waals surface area (Å²) >= 11 is 0. The van der Waals surface area contributed by atoms with E-state index in [-0.39, 0.29) is 0 Å². The number of rotatable bonds is 3. The topological polar surface area (TPSA) is 35.2 Å². The Morgan fingerprint density at radius 1 is 1.45 bits per heavy atom. The highest BCUT2D eigenvalue weighted by Crippen LogP contribution is 2.19. The van der Waals surface area contributed by atoms with Crippen LogP contribution in [0.2, 0.25) is 0 Å². The molecule has 0 aliphatic heterocycles. The standard InChI is InChI=1S/C9H19NO/c1-2-6-11-9-5-3-4-8(10)7-9/h8-9H,2-7,10H2,1H3/t8-,9+/m1/s1. The molecule has 0 heterocycles. The van der Waals surface area contributed by atoms with E-state index in [1.165, 1.54) is 19.3 Å². The summed E-state index contributed by atoms with van der Waals surface area (Å²) in [6.07, 6.45) is 6.29. The first-order valence-corrected chi connectivity index (χ1v) is 4.70. The van der Waals surface area contributed by atoms with Gasteiger partial charge in [0.1, 0.15) is 0 Å². The number of hydrogen-bond donors (Lipinski definition) is 1. The second-order valence-corrected chi connectivity index (χ2v) is 3.42. The van der Waals surface area contributed by atoms with Crippen molar-refractivity contribution in [2.45, 2.75) is 51.2 Å². The summed E-state index contributed by atoms with van der Waals surface area (Å²) in [5.74, 6) is 0. The highest BCUT2D eigenvalue weighted by Gasteiger charge is 2.18. The van der Waals surface area contributed by atoms with Crippen LogP contribution in [0, 0.1) is 0 Å². The van der Waals surface area contributed by atoms with Crippen LogP contribution in [0.1, 0.15) is 39.0 Å². The molecule has 1 rings (SSSR count). The second kappa shape index (κ2) is 4.73. The Bertz CT molecular complexity index is 106. The number of nitrogens with two attached hydrogens (primary N) is 1. The summed E-state index contributed by atoms with van der Waals surface area (Å²) in [6.45, 7) is 3.04. The molecular weight excluding hydrogens is 138 g/mol. The summed E-state index contributed by atoms with van der Waals surface area (Å²) in [4.78, 5) is 0. The predicted molar refractivity (Wildman–Crippen MR) is 46.5 cm³/mol. The van der Waals surface area contributed by atoms with Crippen LogP contribution in [-0.4, -0.2) is 18.8 Å². The van der Waals surface area contributed by atoms with Gasteiger partial charge in [-0.3, -0.25) is 0 Å². The highest BCUT2D eigenvalue weighted by atomic mass is 16.5. The Kier molecular flexibility index (Phi) is 3.87. The molecule has 11 heavy (non-hydrogen) atoms. The molecule has 1 saturated carbocycles. The summed E-state index contributed by atoms with van der Waals surface area (Å²) in [5.41, 5.74) is 5.82. The van der Waals surface area contributed by atoms with E-state index in [4.69, 9.17) is 10.5 Å². The molecule has 0 amide bonds. The SMILES string of the molecule is CCCO[C@H]1CCC[C@@H](N)C1. The van der Waals surface area contributed by atoms with Gasteiger partial charge in [0.2, 0.25) is 0 Å². The lowest BCUT2D eigenvalue weighted by Crippen LogP contribution is -2.32. The quantitative estimate of drug-likeness (QED) is 0.676. The zero-order chi connectivity index (χ0) is 8.10. The molecule has 0 spiro atoms. The van der Waals surface area contributed by atoms with Gasteiger partial charge in [-0.25, -0.2) is 0 Å². The molecule has 0 bridgehead atoms. The van der Waals surface area contributed by atoms with E-state index < -0.39 is 0 Å². The molecule has 1 aliphatic rings. The van der Waals surface area contributed by atoms with Crippen LogP contribution < -0.4 is 5.73 Å². The summed E-state index contributed by atoms with van der Waals surface area (Å²) in [5, 5.41) is 0. The van der Waals surface area contributed by atoms with Crippen molar-refractivity contribution in [3.05, 3.63) is 0 Å². The van der Waals surface area contributed by atoms with Crippen molar-refractivity contribution in [1.82, 2.24) is 0 Å². The Morgan fingerprint density at radius 2 is 2.27 bits per heavy atom. The van der Waals surface area contributed by atoms with Crippen molar-refractivity contribution >= 4 is 0 Å².